The highest BCUT2D eigenvalue weighted by Crippen LogP contribution is 1.90. The lowest BCUT2D eigenvalue weighted by Crippen LogP contribution is -2.28. The third kappa shape index (κ3) is 5.50. The Bertz CT molecular complexity index is 296. The predicted octanol–water partition coefficient (Wildman–Crippen LogP) is 0.814. The monoisotopic (exact) mass is 225 g/mol. The second-order valence-electron chi connectivity index (χ2n) is 3.86. The van der Waals surface area contributed by atoms with Gasteiger partial charge in [-0.1, -0.05) is 0 Å². The van der Waals surface area contributed by atoms with Crippen LogP contribution in [0.4, 0.5) is 0 Å². The molecular weight excluding hydrogens is 206 g/mol. The maximum atomic E-state index is 11.4. The van der Waals surface area contributed by atoms with Gasteiger partial charge in [0, 0.05) is 25.5 Å². The molecule has 0 aliphatic heterocycles. The van der Waals surface area contributed by atoms with Gasteiger partial charge < -0.3 is 14.6 Å². The molecule has 0 bridgehead atoms. The molecule has 0 aliphatic carbocycles. The summed E-state index contributed by atoms with van der Waals surface area (Å²) in [6, 6.07) is 0. The lowest BCUT2D eigenvalue weighted by molar-refractivity contribution is -0.121. The van der Waals surface area contributed by atoms with Gasteiger partial charge in [0.2, 0.25) is 5.91 Å². The first-order valence-corrected chi connectivity index (χ1v) is 5.52. The number of carbonyl (C=O) groups excluding carboxylic acids is 1. The Morgan fingerprint density at radius 2 is 2.38 bits per heavy atom. The smallest absolute Gasteiger partial charge is 0.239 e. The van der Waals surface area contributed by atoms with Crippen LogP contribution in [0, 0.1) is 0 Å². The van der Waals surface area contributed by atoms with E-state index in [0.717, 1.165) is 6.42 Å². The van der Waals surface area contributed by atoms with Crippen molar-refractivity contribution in [2.24, 2.45) is 0 Å². The number of hydrogen-bond donors (Lipinski definition) is 1. The summed E-state index contributed by atoms with van der Waals surface area (Å²) in [5.74, 6) is 0.00236. The zero-order chi connectivity index (χ0) is 11.8. The molecule has 0 atom stereocenters. The fourth-order valence-corrected chi connectivity index (χ4v) is 1.22. The molecule has 5 nitrogen and oxygen atoms in total. The third-order valence-corrected chi connectivity index (χ3v) is 1.98. The van der Waals surface area contributed by atoms with Crippen LogP contribution in [0.25, 0.3) is 0 Å². The van der Waals surface area contributed by atoms with Crippen molar-refractivity contribution in [1.29, 1.82) is 0 Å². The molecule has 0 saturated carbocycles. The average molecular weight is 225 g/mol. The van der Waals surface area contributed by atoms with Crippen LogP contribution in [0.3, 0.4) is 0 Å². The van der Waals surface area contributed by atoms with Crippen molar-refractivity contribution in [3.05, 3.63) is 18.7 Å². The second kappa shape index (κ2) is 7.00. The van der Waals surface area contributed by atoms with E-state index in [4.69, 9.17) is 4.74 Å². The van der Waals surface area contributed by atoms with E-state index in [0.29, 0.717) is 19.7 Å². The van der Waals surface area contributed by atoms with Gasteiger partial charge in [-0.15, -0.1) is 0 Å². The molecule has 90 valence electrons. The minimum absolute atomic E-state index is 0.00236. The number of aromatic nitrogens is 2. The van der Waals surface area contributed by atoms with Gasteiger partial charge in [0.1, 0.15) is 6.54 Å². The number of hydrogen-bond acceptors (Lipinski definition) is 3. The number of carbonyl (C=O) groups is 1. The summed E-state index contributed by atoms with van der Waals surface area (Å²) in [7, 11) is 0. The van der Waals surface area contributed by atoms with Crippen molar-refractivity contribution in [2.45, 2.75) is 32.9 Å². The topological polar surface area (TPSA) is 56.1 Å². The SMILES string of the molecule is CC(C)OCCCNC(=O)Cn1ccnc1. The first-order valence-electron chi connectivity index (χ1n) is 5.52. The van der Waals surface area contributed by atoms with Gasteiger partial charge in [-0.05, 0) is 20.3 Å². The Morgan fingerprint density at radius 1 is 1.56 bits per heavy atom. The first-order chi connectivity index (χ1) is 7.68. The van der Waals surface area contributed by atoms with Gasteiger partial charge in [-0.2, -0.15) is 0 Å². The molecule has 1 rings (SSSR count). The van der Waals surface area contributed by atoms with E-state index in [2.05, 4.69) is 10.3 Å². The molecule has 1 aromatic rings. The molecule has 1 amide bonds. The Labute approximate surface area is 95.8 Å². The van der Waals surface area contributed by atoms with Gasteiger partial charge >= 0.3 is 0 Å². The van der Waals surface area contributed by atoms with Crippen molar-refractivity contribution >= 4 is 5.91 Å². The quantitative estimate of drug-likeness (QED) is 0.699. The summed E-state index contributed by atoms with van der Waals surface area (Å²) in [5.41, 5.74) is 0. The fraction of sp³-hybridized carbons (Fsp3) is 0.636. The minimum Gasteiger partial charge on any atom is -0.379 e. The van der Waals surface area contributed by atoms with Crippen molar-refractivity contribution in [3.8, 4) is 0 Å². The van der Waals surface area contributed by atoms with Crippen LogP contribution in [0.2, 0.25) is 0 Å². The largest absolute Gasteiger partial charge is 0.379 e. The number of rotatable bonds is 7. The fourth-order valence-electron chi connectivity index (χ4n) is 1.22. The van der Waals surface area contributed by atoms with Gasteiger partial charge in [0.15, 0.2) is 0 Å². The summed E-state index contributed by atoms with van der Waals surface area (Å²) in [6.07, 6.45) is 6.14. The Balaban J connectivity index is 2.03. The van der Waals surface area contributed by atoms with Crippen molar-refractivity contribution < 1.29 is 9.53 Å². The molecule has 16 heavy (non-hydrogen) atoms. The normalized spacial score (nSPS) is 10.7. The van der Waals surface area contributed by atoms with E-state index in [1.54, 1.807) is 23.3 Å². The number of imidazole rings is 1. The molecule has 5 heteroatoms. The molecule has 0 radical (unpaired) electrons. The van der Waals surface area contributed by atoms with Gasteiger partial charge in [-0.25, -0.2) is 4.98 Å². The van der Waals surface area contributed by atoms with Crippen LogP contribution in [0.5, 0.6) is 0 Å². The number of nitrogens with one attached hydrogen (secondary N) is 1. The highest BCUT2D eigenvalue weighted by atomic mass is 16.5. The van der Waals surface area contributed by atoms with E-state index < -0.39 is 0 Å². The molecule has 0 spiro atoms. The molecule has 0 aromatic carbocycles. The summed E-state index contributed by atoms with van der Waals surface area (Å²) >= 11 is 0. The summed E-state index contributed by atoms with van der Waals surface area (Å²) in [4.78, 5) is 15.3. The number of nitrogens with zero attached hydrogens (tertiary/aromatic N) is 2. The molecule has 0 unspecified atom stereocenters. The molecular formula is C11H19N3O2. The Morgan fingerprint density at radius 3 is 3.00 bits per heavy atom. The standard InChI is InChI=1S/C11H19N3O2/c1-10(2)16-7-3-4-13-11(15)8-14-6-5-12-9-14/h5-6,9-10H,3-4,7-8H2,1-2H3,(H,13,15). The van der Waals surface area contributed by atoms with Crippen LogP contribution in [0.1, 0.15) is 20.3 Å². The Hall–Kier alpha value is -1.36. The van der Waals surface area contributed by atoms with Crippen LogP contribution < -0.4 is 5.32 Å². The van der Waals surface area contributed by atoms with Gasteiger partial charge in [0.05, 0.1) is 12.4 Å². The van der Waals surface area contributed by atoms with Crippen molar-refractivity contribution in [2.75, 3.05) is 13.2 Å². The van der Waals surface area contributed by atoms with Crippen LogP contribution in [0.15, 0.2) is 18.7 Å². The zero-order valence-corrected chi connectivity index (χ0v) is 9.85. The van der Waals surface area contributed by atoms with Gasteiger partial charge in [0.25, 0.3) is 0 Å². The van der Waals surface area contributed by atoms with E-state index in [1.807, 2.05) is 13.8 Å². The molecule has 1 heterocycles. The third-order valence-electron chi connectivity index (χ3n) is 1.98. The predicted molar refractivity (Wildman–Crippen MR) is 60.9 cm³/mol. The van der Waals surface area contributed by atoms with Gasteiger partial charge in [-0.3, -0.25) is 4.79 Å². The summed E-state index contributed by atoms with van der Waals surface area (Å²) in [5, 5.41) is 2.83. The van der Waals surface area contributed by atoms with Crippen LogP contribution >= 0.6 is 0 Å². The van der Waals surface area contributed by atoms with Crippen molar-refractivity contribution in [3.63, 3.8) is 0 Å². The molecule has 0 saturated heterocycles. The maximum Gasteiger partial charge on any atom is 0.239 e. The van der Waals surface area contributed by atoms with E-state index in [1.165, 1.54) is 0 Å². The molecule has 1 N–H and O–H groups in total. The van der Waals surface area contributed by atoms with Crippen LogP contribution in [-0.2, 0) is 16.1 Å². The Kier molecular flexibility index (Phi) is 5.56. The lowest BCUT2D eigenvalue weighted by Gasteiger charge is -2.08. The maximum absolute atomic E-state index is 11.4. The lowest BCUT2D eigenvalue weighted by atomic mass is 10.4. The number of amides is 1. The van der Waals surface area contributed by atoms with E-state index in [9.17, 15) is 4.79 Å². The first kappa shape index (κ1) is 12.7. The van der Waals surface area contributed by atoms with E-state index >= 15 is 0 Å². The van der Waals surface area contributed by atoms with Crippen molar-refractivity contribution in [1.82, 2.24) is 14.9 Å². The minimum atomic E-state index is 0.00236. The zero-order valence-electron chi connectivity index (χ0n) is 9.85. The highest BCUT2D eigenvalue weighted by molar-refractivity contribution is 5.75. The molecule has 0 fully saturated rings. The summed E-state index contributed by atoms with van der Waals surface area (Å²) < 4.78 is 7.10. The second-order valence-corrected chi connectivity index (χ2v) is 3.86. The number of ether oxygens (including phenoxy) is 1. The summed E-state index contributed by atoms with van der Waals surface area (Å²) in [6.45, 7) is 5.66. The molecule has 0 aliphatic rings. The van der Waals surface area contributed by atoms with Crippen LogP contribution in [-0.4, -0.2) is 34.7 Å². The highest BCUT2D eigenvalue weighted by Gasteiger charge is 2.01. The average Bonchev–Trinajstić information content (AvgIpc) is 2.69. The van der Waals surface area contributed by atoms with E-state index in [-0.39, 0.29) is 12.0 Å². The molecule has 1 aromatic heterocycles.